The highest BCUT2D eigenvalue weighted by Crippen LogP contribution is 2.20. The van der Waals surface area contributed by atoms with Crippen molar-refractivity contribution in [2.45, 2.75) is 25.7 Å². The maximum Gasteiger partial charge on any atom is 0.186 e. The van der Waals surface area contributed by atoms with Gasteiger partial charge in [-0.25, -0.2) is 8.78 Å². The third-order valence-electron chi connectivity index (χ3n) is 5.42. The molecule has 0 aliphatic carbocycles. The highest BCUT2D eigenvalue weighted by molar-refractivity contribution is 8.00. The lowest BCUT2D eigenvalue weighted by molar-refractivity contribution is 0.104. The van der Waals surface area contributed by atoms with Gasteiger partial charge in [-0.3, -0.25) is 4.79 Å². The molecule has 184 valence electrons. The maximum absolute atomic E-state index is 13.4. The fraction of sp³-hybridized carbons (Fsp3) is 0.444. The smallest absolute Gasteiger partial charge is 0.186 e. The average Bonchev–Trinajstić information content (AvgIpc) is 2.82. The Morgan fingerprint density at radius 1 is 0.735 bits per heavy atom. The summed E-state index contributed by atoms with van der Waals surface area (Å²) in [6.07, 6.45) is 8.00. The number of benzene rings is 2. The molecule has 0 atom stereocenters. The number of hydrogen-bond donors (Lipinski definition) is 0. The fourth-order valence-corrected chi connectivity index (χ4v) is 6.72. The predicted molar refractivity (Wildman–Crippen MR) is 149 cm³/mol. The summed E-state index contributed by atoms with van der Waals surface area (Å²) >= 11 is 6.24. The van der Waals surface area contributed by atoms with E-state index < -0.39 is 17.4 Å². The van der Waals surface area contributed by atoms with Crippen molar-refractivity contribution in [2.24, 2.45) is 0 Å². The molecule has 2 nitrogen and oxygen atoms in total. The molecule has 0 N–H and O–H groups in total. The van der Waals surface area contributed by atoms with Crippen LogP contribution in [0.3, 0.4) is 0 Å². The average molecular weight is 522 g/mol. The molecule has 0 radical (unpaired) electrons. The molecule has 1 heterocycles. The molecule has 2 aromatic rings. The minimum Gasteiger partial charge on any atom is -0.371 e. The number of halogens is 2. The second-order valence-corrected chi connectivity index (χ2v) is 11.9. The first-order chi connectivity index (χ1) is 16.6. The zero-order valence-corrected chi connectivity index (χ0v) is 22.0. The quantitative estimate of drug-likeness (QED) is 0.307. The Morgan fingerprint density at radius 3 is 1.76 bits per heavy atom. The molecule has 0 unspecified atom stereocenters. The Balaban J connectivity index is 1.58. The van der Waals surface area contributed by atoms with Crippen LogP contribution in [-0.2, 0) is 0 Å². The van der Waals surface area contributed by atoms with Crippen molar-refractivity contribution in [3.63, 3.8) is 0 Å². The lowest BCUT2D eigenvalue weighted by atomic mass is 10.1. The molecular weight excluding hydrogens is 489 g/mol. The van der Waals surface area contributed by atoms with E-state index in [1.165, 1.54) is 72.0 Å². The largest absolute Gasteiger partial charge is 0.371 e. The number of carbonyl (C=O) groups is 1. The minimum atomic E-state index is -0.750. The highest BCUT2D eigenvalue weighted by Gasteiger charge is 2.08. The minimum absolute atomic E-state index is 0.0111. The maximum atomic E-state index is 13.4. The Morgan fingerprint density at radius 2 is 1.24 bits per heavy atom. The Bertz CT molecular complexity index is 884. The summed E-state index contributed by atoms with van der Waals surface area (Å²) < 4.78 is 26.7. The topological polar surface area (TPSA) is 20.3 Å². The van der Waals surface area contributed by atoms with Gasteiger partial charge in [0.15, 0.2) is 5.78 Å². The van der Waals surface area contributed by atoms with Gasteiger partial charge in [0.25, 0.3) is 0 Å². The molecular formula is C27H33F2NOS3. The van der Waals surface area contributed by atoms with Crippen molar-refractivity contribution in [1.82, 2.24) is 0 Å². The Kier molecular flexibility index (Phi) is 12.4. The monoisotopic (exact) mass is 521 g/mol. The molecule has 1 aliphatic heterocycles. The van der Waals surface area contributed by atoms with E-state index in [9.17, 15) is 13.6 Å². The van der Waals surface area contributed by atoms with Gasteiger partial charge in [-0.05, 0) is 96.1 Å². The molecule has 34 heavy (non-hydrogen) atoms. The molecule has 0 amide bonds. The first-order valence-electron chi connectivity index (χ1n) is 11.9. The van der Waals surface area contributed by atoms with Gasteiger partial charge in [-0.15, -0.1) is 0 Å². The van der Waals surface area contributed by atoms with E-state index in [0.29, 0.717) is 0 Å². The fourth-order valence-electron chi connectivity index (χ4n) is 3.68. The molecule has 7 heteroatoms. The van der Waals surface area contributed by atoms with E-state index in [-0.39, 0.29) is 5.56 Å². The predicted octanol–water partition coefficient (Wildman–Crippen LogP) is 7.44. The van der Waals surface area contributed by atoms with Crippen LogP contribution >= 0.6 is 35.3 Å². The van der Waals surface area contributed by atoms with Gasteiger partial charge < -0.3 is 4.90 Å². The zero-order valence-electron chi connectivity index (χ0n) is 19.5. The van der Waals surface area contributed by atoms with Crippen LogP contribution in [0.4, 0.5) is 14.5 Å². The number of ketones is 1. The summed E-state index contributed by atoms with van der Waals surface area (Å²) in [5.41, 5.74) is 2.09. The summed E-state index contributed by atoms with van der Waals surface area (Å²) in [7, 11) is 0. The second kappa shape index (κ2) is 15.5. The van der Waals surface area contributed by atoms with E-state index in [1.807, 2.05) is 12.1 Å². The van der Waals surface area contributed by atoms with Crippen LogP contribution < -0.4 is 4.90 Å². The first-order valence-corrected chi connectivity index (χ1v) is 15.3. The number of carbonyl (C=O) groups excluding carboxylic acids is 1. The van der Waals surface area contributed by atoms with Crippen LogP contribution in [0, 0.1) is 11.6 Å². The van der Waals surface area contributed by atoms with Gasteiger partial charge in [-0.1, -0.05) is 18.2 Å². The summed E-state index contributed by atoms with van der Waals surface area (Å²) in [6, 6.07) is 11.1. The van der Waals surface area contributed by atoms with E-state index in [4.69, 9.17) is 0 Å². The molecule has 0 spiro atoms. The number of thioether (sulfide) groups is 3. The van der Waals surface area contributed by atoms with Gasteiger partial charge in [0.1, 0.15) is 11.6 Å². The van der Waals surface area contributed by atoms with Gasteiger partial charge in [0.05, 0.1) is 0 Å². The third-order valence-corrected chi connectivity index (χ3v) is 8.88. The van der Waals surface area contributed by atoms with Crippen molar-refractivity contribution in [3.8, 4) is 0 Å². The molecule has 2 aromatic carbocycles. The molecule has 3 rings (SSSR count). The lowest BCUT2D eigenvalue weighted by Gasteiger charge is -2.25. The molecule has 1 aliphatic rings. The summed E-state index contributed by atoms with van der Waals surface area (Å²) in [5.74, 6) is 5.55. The van der Waals surface area contributed by atoms with E-state index in [0.717, 1.165) is 36.9 Å². The molecule has 1 fully saturated rings. The van der Waals surface area contributed by atoms with Gasteiger partial charge >= 0.3 is 0 Å². The SMILES string of the molecule is O=C(/C=C/c1ccc(N2CCCSCCCSCCCSCCC2)cc1)c1cc(F)cc(F)c1. The van der Waals surface area contributed by atoms with Crippen molar-refractivity contribution < 1.29 is 13.6 Å². The standard InChI is InChI=1S/C27H33F2NOS3/c28-24-19-23(20-25(29)21-24)27(31)10-7-22-5-8-26(9-6-22)30-11-1-13-32-15-3-17-34-18-4-16-33-14-2-12-30/h5-10,19-21H,1-4,11-18H2/b10-7+. The van der Waals surface area contributed by atoms with Crippen LogP contribution in [-0.4, -0.2) is 53.4 Å². The van der Waals surface area contributed by atoms with E-state index >= 15 is 0 Å². The van der Waals surface area contributed by atoms with Gasteiger partial charge in [0.2, 0.25) is 0 Å². The van der Waals surface area contributed by atoms with Crippen molar-refractivity contribution >= 4 is 52.8 Å². The lowest BCUT2D eigenvalue weighted by Crippen LogP contribution is -2.26. The normalized spacial score (nSPS) is 17.6. The number of rotatable bonds is 4. The molecule has 1 saturated heterocycles. The molecule has 0 aromatic heterocycles. The second-order valence-electron chi connectivity index (χ2n) is 8.19. The number of hydrogen-bond acceptors (Lipinski definition) is 5. The third kappa shape index (κ3) is 10.0. The zero-order chi connectivity index (χ0) is 24.0. The van der Waals surface area contributed by atoms with Crippen molar-refractivity contribution in [1.29, 1.82) is 0 Å². The summed E-state index contributed by atoms with van der Waals surface area (Å²) in [5, 5.41) is 0. The Labute approximate surface area is 215 Å². The van der Waals surface area contributed by atoms with E-state index in [1.54, 1.807) is 6.08 Å². The van der Waals surface area contributed by atoms with Crippen LogP contribution in [0.25, 0.3) is 6.08 Å². The number of anilines is 1. The van der Waals surface area contributed by atoms with Crippen LogP contribution in [0.2, 0.25) is 0 Å². The van der Waals surface area contributed by atoms with Gasteiger partial charge in [0, 0.05) is 30.4 Å². The van der Waals surface area contributed by atoms with E-state index in [2.05, 4.69) is 52.3 Å². The van der Waals surface area contributed by atoms with Crippen molar-refractivity contribution in [3.05, 3.63) is 71.3 Å². The highest BCUT2D eigenvalue weighted by atomic mass is 32.2. The van der Waals surface area contributed by atoms with Crippen LogP contribution in [0.5, 0.6) is 0 Å². The number of allylic oxidation sites excluding steroid dienone is 1. The molecule has 0 bridgehead atoms. The van der Waals surface area contributed by atoms with Crippen LogP contribution in [0.1, 0.15) is 41.6 Å². The summed E-state index contributed by atoms with van der Waals surface area (Å²) in [4.78, 5) is 14.7. The first kappa shape index (κ1) is 27.2. The number of nitrogens with zero attached hydrogens (tertiary/aromatic N) is 1. The van der Waals surface area contributed by atoms with Crippen molar-refractivity contribution in [2.75, 3.05) is 52.5 Å². The molecule has 0 saturated carbocycles. The summed E-state index contributed by atoms with van der Waals surface area (Å²) in [6.45, 7) is 2.09. The Hall–Kier alpha value is -1.44. The van der Waals surface area contributed by atoms with Gasteiger partial charge in [-0.2, -0.15) is 35.3 Å². The van der Waals surface area contributed by atoms with Crippen LogP contribution in [0.15, 0.2) is 48.5 Å².